The number of pyridine rings is 2. The van der Waals surface area contributed by atoms with E-state index in [1.165, 1.54) is 30.5 Å². The van der Waals surface area contributed by atoms with Gasteiger partial charge >= 0.3 is 11.9 Å². The van der Waals surface area contributed by atoms with Crippen molar-refractivity contribution in [2.45, 2.75) is 56.3 Å². The molecule has 13 nitrogen and oxygen atoms in total. The Hall–Kier alpha value is -5.52. The maximum atomic E-state index is 16.8. The molecule has 2 N–H and O–H groups in total. The number of likely N-dealkylation sites (N-methyl/N-ethyl adjacent to an activating group) is 1. The van der Waals surface area contributed by atoms with Crippen LogP contribution in [0.15, 0.2) is 41.1 Å². The second-order valence-corrected chi connectivity index (χ2v) is 14.1. The Bertz CT molecular complexity index is 2300. The summed E-state index contributed by atoms with van der Waals surface area (Å²) >= 11 is 0. The minimum atomic E-state index is -3.30. The Morgan fingerprint density at radius 3 is 2.80 bits per heavy atom. The van der Waals surface area contributed by atoms with Gasteiger partial charge in [-0.15, -0.1) is 0 Å². The second kappa shape index (κ2) is 13.4. The number of amides is 1. The quantitative estimate of drug-likeness (QED) is 0.154. The molecule has 3 atom stereocenters. The normalized spacial score (nSPS) is 21.9. The largest absolute Gasteiger partial charge is 0.461 e. The van der Waals surface area contributed by atoms with Crippen molar-refractivity contribution in [3.8, 4) is 17.4 Å². The highest BCUT2D eigenvalue weighted by atomic mass is 19.3. The van der Waals surface area contributed by atoms with Crippen molar-refractivity contribution in [1.29, 1.82) is 0 Å². The molecular weight excluding hydrogens is 715 g/mol. The first-order chi connectivity index (χ1) is 25.8. The topological polar surface area (TPSA) is 153 Å². The van der Waals surface area contributed by atoms with Crippen LogP contribution in [0.5, 0.6) is 6.01 Å². The van der Waals surface area contributed by atoms with Crippen LogP contribution >= 0.6 is 0 Å². The minimum absolute atomic E-state index is 0.0374. The van der Waals surface area contributed by atoms with Gasteiger partial charge in [-0.3, -0.25) is 14.7 Å². The van der Waals surface area contributed by atoms with Gasteiger partial charge in [0.25, 0.3) is 5.89 Å². The molecule has 8 rings (SSSR count). The molecule has 5 aromatic rings. The average molecular weight is 751 g/mol. The molecule has 3 aliphatic rings. The lowest BCUT2D eigenvalue weighted by Crippen LogP contribution is -2.43. The third-order valence-corrected chi connectivity index (χ3v) is 10.5. The number of aromatic nitrogens is 6. The lowest BCUT2D eigenvalue weighted by atomic mass is 9.95. The number of alkyl halides is 3. The maximum Gasteiger partial charge on any atom is 0.319 e. The van der Waals surface area contributed by atoms with Gasteiger partial charge in [0.15, 0.2) is 5.82 Å². The standard InChI is InChI=1S/C36H35F5N10O3/c1-35(40,41)33-45-25(54-48-33)7-8-26(52)50-12-9-21(17-50)49(2)32-22-15-43-31(30-27-19(13-24(42)44-30)5-3-6-23(27)38)28(39)29(22)46-34(47-32)53-18-36-10-4-11-51(36)16-20(37)14-36/h3,5-8,13,15,20-21H,4,9-12,14,16-18H2,1-2H3,(H2,42,44)/b8-7+/t20-,21-,36?/m1/s1. The van der Waals surface area contributed by atoms with E-state index in [9.17, 15) is 18.0 Å². The Morgan fingerprint density at radius 1 is 1.17 bits per heavy atom. The van der Waals surface area contributed by atoms with Gasteiger partial charge in [-0.2, -0.15) is 23.7 Å². The molecule has 0 saturated carbocycles. The number of carbonyl (C=O) groups is 1. The van der Waals surface area contributed by atoms with Crippen LogP contribution in [0.4, 0.5) is 33.6 Å². The molecule has 0 bridgehead atoms. The van der Waals surface area contributed by atoms with Crippen LogP contribution in [-0.4, -0.2) is 103 Å². The van der Waals surface area contributed by atoms with Crippen LogP contribution in [0, 0.1) is 11.6 Å². The molecule has 1 amide bonds. The van der Waals surface area contributed by atoms with Crippen molar-refractivity contribution >= 4 is 45.3 Å². The number of rotatable bonds is 9. The third kappa shape index (κ3) is 6.41. The molecule has 18 heteroatoms. The number of halogens is 5. The third-order valence-electron chi connectivity index (χ3n) is 10.5. The smallest absolute Gasteiger partial charge is 0.319 e. The number of hydrogen-bond acceptors (Lipinski definition) is 12. The van der Waals surface area contributed by atoms with E-state index < -0.39 is 41.0 Å². The van der Waals surface area contributed by atoms with Crippen molar-refractivity contribution in [2.75, 3.05) is 50.5 Å². The van der Waals surface area contributed by atoms with E-state index in [-0.39, 0.29) is 70.4 Å². The Kier molecular flexibility index (Phi) is 8.81. The number of nitrogen functional groups attached to an aromatic ring is 1. The average Bonchev–Trinajstić information content (AvgIpc) is 3.94. The number of nitrogens with two attached hydrogens (primary N) is 1. The van der Waals surface area contributed by atoms with Gasteiger partial charge in [0.2, 0.25) is 11.7 Å². The lowest BCUT2D eigenvalue weighted by Gasteiger charge is -2.31. The van der Waals surface area contributed by atoms with Crippen molar-refractivity contribution in [1.82, 2.24) is 39.9 Å². The van der Waals surface area contributed by atoms with E-state index in [0.717, 1.165) is 25.5 Å². The highest BCUT2D eigenvalue weighted by Crippen LogP contribution is 2.41. The zero-order valence-corrected chi connectivity index (χ0v) is 29.3. The number of nitrogens with zero attached hydrogens (tertiary/aromatic N) is 9. The van der Waals surface area contributed by atoms with Crippen LogP contribution in [0.1, 0.15) is 44.3 Å². The molecule has 3 fully saturated rings. The highest BCUT2D eigenvalue weighted by Gasteiger charge is 2.49. The van der Waals surface area contributed by atoms with E-state index >= 15 is 8.78 Å². The zero-order valence-electron chi connectivity index (χ0n) is 29.3. The van der Waals surface area contributed by atoms with Crippen molar-refractivity contribution in [2.24, 2.45) is 0 Å². The number of carbonyl (C=O) groups excluding carboxylic acids is 1. The van der Waals surface area contributed by atoms with Crippen LogP contribution in [0.25, 0.3) is 39.1 Å². The number of fused-ring (bicyclic) bond motifs is 3. The number of anilines is 2. The van der Waals surface area contributed by atoms with Gasteiger partial charge < -0.3 is 24.8 Å². The Labute approximate surface area is 305 Å². The second-order valence-electron chi connectivity index (χ2n) is 14.1. The summed E-state index contributed by atoms with van der Waals surface area (Å²) in [5, 5.41) is 3.92. The molecular formula is C36H35F5N10O3. The molecule has 7 heterocycles. The Balaban J connectivity index is 1.13. The fourth-order valence-corrected chi connectivity index (χ4v) is 7.79. The van der Waals surface area contributed by atoms with E-state index in [4.69, 9.17) is 20.0 Å². The summed E-state index contributed by atoms with van der Waals surface area (Å²) < 4.78 is 84.6. The van der Waals surface area contributed by atoms with Gasteiger partial charge in [0.05, 0.1) is 10.9 Å². The van der Waals surface area contributed by atoms with Crippen molar-refractivity contribution in [3.05, 3.63) is 59.9 Å². The SMILES string of the molecule is CN(c1nc(OCC23CCCN2C[C@H](F)C3)nc2c(F)c(-c3nc(N)cc4cccc(F)c34)ncc12)[C@@H]1CCN(C(=O)/C=C/c2nc(C(C)(F)F)no2)C1. The number of ether oxygens (including phenoxy) is 1. The van der Waals surface area contributed by atoms with Crippen LogP contribution < -0.4 is 15.4 Å². The fraction of sp³-hybridized carbons (Fsp3) is 0.417. The molecule has 1 aromatic carbocycles. The first kappa shape index (κ1) is 35.5. The molecule has 1 unspecified atom stereocenters. The molecule has 54 heavy (non-hydrogen) atoms. The maximum absolute atomic E-state index is 16.8. The van der Waals surface area contributed by atoms with Gasteiger partial charge in [-0.05, 0) is 43.3 Å². The van der Waals surface area contributed by atoms with E-state index in [2.05, 4.69) is 30.0 Å². The van der Waals surface area contributed by atoms with Gasteiger partial charge in [-0.25, -0.2) is 18.2 Å². The predicted molar refractivity (Wildman–Crippen MR) is 187 cm³/mol. The van der Waals surface area contributed by atoms with Crippen molar-refractivity contribution < 1.29 is 36.0 Å². The van der Waals surface area contributed by atoms with Gasteiger partial charge in [-0.1, -0.05) is 17.3 Å². The van der Waals surface area contributed by atoms with E-state index in [1.54, 1.807) is 22.9 Å². The fourth-order valence-electron chi connectivity index (χ4n) is 7.79. The summed E-state index contributed by atoms with van der Waals surface area (Å²) in [6, 6.07) is 5.41. The summed E-state index contributed by atoms with van der Waals surface area (Å²) in [5.41, 5.74) is 4.97. The van der Waals surface area contributed by atoms with Crippen molar-refractivity contribution in [3.63, 3.8) is 0 Å². The summed E-state index contributed by atoms with van der Waals surface area (Å²) in [7, 11) is 1.74. The van der Waals surface area contributed by atoms with Crippen LogP contribution in [0.3, 0.4) is 0 Å². The van der Waals surface area contributed by atoms with Crippen LogP contribution in [-0.2, 0) is 10.7 Å². The first-order valence-corrected chi connectivity index (χ1v) is 17.4. The molecule has 3 aliphatic heterocycles. The number of hydrogen-bond donors (Lipinski definition) is 1. The monoisotopic (exact) mass is 750 g/mol. The molecule has 4 aromatic heterocycles. The minimum Gasteiger partial charge on any atom is -0.461 e. The first-order valence-electron chi connectivity index (χ1n) is 17.4. The number of likely N-dealkylation sites (tertiary alicyclic amines) is 1. The molecule has 282 valence electrons. The van der Waals surface area contributed by atoms with E-state index in [0.29, 0.717) is 38.2 Å². The molecule has 0 aliphatic carbocycles. The molecule has 0 radical (unpaired) electrons. The zero-order chi connectivity index (χ0) is 37.9. The lowest BCUT2D eigenvalue weighted by molar-refractivity contribution is -0.125. The number of benzene rings is 1. The summed E-state index contributed by atoms with van der Waals surface area (Å²) in [5.74, 6) is -5.99. The highest BCUT2D eigenvalue weighted by molar-refractivity contribution is 5.99. The van der Waals surface area contributed by atoms with Gasteiger partial charge in [0, 0.05) is 69.8 Å². The van der Waals surface area contributed by atoms with Crippen LogP contribution in [0.2, 0.25) is 0 Å². The van der Waals surface area contributed by atoms with E-state index in [1.807, 2.05) is 0 Å². The summed E-state index contributed by atoms with van der Waals surface area (Å²) in [4.78, 5) is 39.9. The summed E-state index contributed by atoms with van der Waals surface area (Å²) in [6.45, 7) is 2.35. The van der Waals surface area contributed by atoms with Gasteiger partial charge in [0.1, 0.15) is 47.1 Å². The molecule has 0 spiro atoms. The molecule has 3 saturated heterocycles. The predicted octanol–water partition coefficient (Wildman–Crippen LogP) is 5.30. The Morgan fingerprint density at radius 2 is 2.00 bits per heavy atom. The summed E-state index contributed by atoms with van der Waals surface area (Å²) in [6.07, 6.45) is 5.13.